The van der Waals surface area contributed by atoms with Crippen LogP contribution >= 0.6 is 34.8 Å². The van der Waals surface area contributed by atoms with Crippen LogP contribution in [-0.2, 0) is 4.79 Å². The van der Waals surface area contributed by atoms with E-state index in [2.05, 4.69) is 5.32 Å². The van der Waals surface area contributed by atoms with Crippen LogP contribution in [0.5, 0.6) is 0 Å². The van der Waals surface area contributed by atoms with Crippen molar-refractivity contribution in [1.29, 1.82) is 5.26 Å². The number of aryl methyl sites for hydroxylation is 2. The first-order valence-electron chi connectivity index (χ1n) is 9.05. The van der Waals surface area contributed by atoms with E-state index in [0.717, 1.165) is 28.2 Å². The van der Waals surface area contributed by atoms with Gasteiger partial charge in [0.05, 0.1) is 10.7 Å². The Bertz CT molecular complexity index is 1220. The molecule has 2 aromatic carbocycles. The van der Waals surface area contributed by atoms with Crippen LogP contribution in [0.15, 0.2) is 48.0 Å². The Hall–Kier alpha value is -2.71. The number of amides is 1. The van der Waals surface area contributed by atoms with Crippen molar-refractivity contribution in [2.75, 3.05) is 5.32 Å². The Labute approximate surface area is 190 Å². The molecule has 0 spiro atoms. The minimum atomic E-state index is -0.508. The monoisotopic (exact) mass is 457 g/mol. The molecule has 3 rings (SSSR count). The van der Waals surface area contributed by atoms with Crippen molar-refractivity contribution in [3.8, 4) is 11.8 Å². The quantitative estimate of drug-likeness (QED) is 0.341. The van der Waals surface area contributed by atoms with Crippen LogP contribution in [0.1, 0.15) is 22.5 Å². The molecule has 0 aliphatic rings. The molecule has 7 heteroatoms. The summed E-state index contributed by atoms with van der Waals surface area (Å²) in [4.78, 5) is 12.6. The first-order chi connectivity index (χ1) is 14.2. The first-order valence-corrected chi connectivity index (χ1v) is 10.2. The van der Waals surface area contributed by atoms with Gasteiger partial charge in [-0.15, -0.1) is 0 Å². The van der Waals surface area contributed by atoms with Gasteiger partial charge in [0, 0.05) is 27.1 Å². The van der Waals surface area contributed by atoms with Gasteiger partial charge in [-0.05, 0) is 74.4 Å². The second-order valence-electron chi connectivity index (χ2n) is 6.85. The smallest absolute Gasteiger partial charge is 0.266 e. The Balaban J connectivity index is 1.95. The number of nitriles is 1. The predicted octanol–water partition coefficient (Wildman–Crippen LogP) is 6.91. The summed E-state index contributed by atoms with van der Waals surface area (Å²) in [7, 11) is 0. The number of nitrogens with one attached hydrogen (secondary N) is 1. The van der Waals surface area contributed by atoms with Crippen LogP contribution in [0.2, 0.25) is 15.1 Å². The van der Waals surface area contributed by atoms with E-state index < -0.39 is 5.91 Å². The van der Waals surface area contributed by atoms with Crippen molar-refractivity contribution >= 4 is 52.5 Å². The van der Waals surface area contributed by atoms with Gasteiger partial charge in [-0.25, -0.2) is 0 Å². The SMILES string of the molecule is Cc1ccc(NC(=O)/C(C#N)=C\c2cc(C)n(-c3ccc(Cl)cc3Cl)c2C)cc1Cl. The molecule has 152 valence electrons. The molecular weight excluding hydrogens is 441 g/mol. The van der Waals surface area contributed by atoms with Crippen molar-refractivity contribution in [2.45, 2.75) is 20.8 Å². The predicted molar refractivity (Wildman–Crippen MR) is 124 cm³/mol. The van der Waals surface area contributed by atoms with Crippen LogP contribution in [-0.4, -0.2) is 10.5 Å². The minimum absolute atomic E-state index is 0.0193. The largest absolute Gasteiger partial charge is 0.321 e. The maximum Gasteiger partial charge on any atom is 0.266 e. The van der Waals surface area contributed by atoms with E-state index in [0.29, 0.717) is 20.8 Å². The lowest BCUT2D eigenvalue weighted by Crippen LogP contribution is -2.13. The number of benzene rings is 2. The molecule has 1 amide bonds. The number of anilines is 1. The number of carbonyl (C=O) groups excluding carboxylic acids is 1. The molecule has 0 bridgehead atoms. The Morgan fingerprint density at radius 2 is 1.77 bits per heavy atom. The summed E-state index contributed by atoms with van der Waals surface area (Å²) >= 11 is 18.5. The lowest BCUT2D eigenvalue weighted by Gasteiger charge is -2.12. The molecule has 0 unspecified atom stereocenters. The third-order valence-electron chi connectivity index (χ3n) is 4.72. The zero-order valence-corrected chi connectivity index (χ0v) is 18.8. The summed E-state index contributed by atoms with van der Waals surface area (Å²) in [5.74, 6) is -0.508. The van der Waals surface area contributed by atoms with Gasteiger partial charge in [-0.1, -0.05) is 40.9 Å². The van der Waals surface area contributed by atoms with E-state index in [1.807, 2.05) is 43.5 Å². The van der Waals surface area contributed by atoms with Crippen LogP contribution in [0.25, 0.3) is 11.8 Å². The third kappa shape index (κ3) is 4.55. The number of aromatic nitrogens is 1. The molecule has 0 aliphatic heterocycles. The molecule has 30 heavy (non-hydrogen) atoms. The van der Waals surface area contributed by atoms with E-state index in [9.17, 15) is 10.1 Å². The molecule has 1 N–H and O–H groups in total. The Kier molecular flexibility index (Phi) is 6.58. The first kappa shape index (κ1) is 22.0. The van der Waals surface area contributed by atoms with Crippen molar-refractivity contribution in [2.24, 2.45) is 0 Å². The lowest BCUT2D eigenvalue weighted by atomic mass is 10.1. The highest BCUT2D eigenvalue weighted by Gasteiger charge is 2.15. The molecule has 0 saturated heterocycles. The van der Waals surface area contributed by atoms with Crippen molar-refractivity contribution < 1.29 is 4.79 Å². The van der Waals surface area contributed by atoms with Gasteiger partial charge < -0.3 is 9.88 Å². The number of halogens is 3. The second kappa shape index (κ2) is 8.97. The minimum Gasteiger partial charge on any atom is -0.321 e. The second-order valence-corrected chi connectivity index (χ2v) is 8.10. The van der Waals surface area contributed by atoms with E-state index in [1.165, 1.54) is 0 Å². The molecular formula is C23H18Cl3N3O. The van der Waals surface area contributed by atoms with Crippen LogP contribution < -0.4 is 5.32 Å². The van der Waals surface area contributed by atoms with Crippen LogP contribution in [0.3, 0.4) is 0 Å². The number of hydrogen-bond acceptors (Lipinski definition) is 2. The summed E-state index contributed by atoms with van der Waals surface area (Å²) in [5.41, 5.74) is 4.67. The number of nitrogens with zero attached hydrogens (tertiary/aromatic N) is 2. The normalized spacial score (nSPS) is 11.3. The molecule has 0 radical (unpaired) electrons. The molecule has 1 heterocycles. The Morgan fingerprint density at radius 1 is 1.03 bits per heavy atom. The summed E-state index contributed by atoms with van der Waals surface area (Å²) in [6.45, 7) is 5.70. The average molecular weight is 459 g/mol. The number of carbonyl (C=O) groups is 1. The average Bonchev–Trinajstić information content (AvgIpc) is 2.96. The van der Waals surface area contributed by atoms with Gasteiger partial charge in [-0.2, -0.15) is 5.26 Å². The molecule has 0 fully saturated rings. The molecule has 1 aromatic heterocycles. The molecule has 0 saturated carbocycles. The number of hydrogen-bond donors (Lipinski definition) is 1. The van der Waals surface area contributed by atoms with Gasteiger partial charge in [0.1, 0.15) is 11.6 Å². The lowest BCUT2D eigenvalue weighted by molar-refractivity contribution is -0.112. The van der Waals surface area contributed by atoms with Crippen LogP contribution in [0.4, 0.5) is 5.69 Å². The summed E-state index contributed by atoms with van der Waals surface area (Å²) in [6, 6.07) is 14.3. The summed E-state index contributed by atoms with van der Waals surface area (Å²) in [5, 5.41) is 13.9. The molecule has 3 aromatic rings. The highest BCUT2D eigenvalue weighted by atomic mass is 35.5. The van der Waals surface area contributed by atoms with Gasteiger partial charge >= 0.3 is 0 Å². The third-order valence-corrected chi connectivity index (χ3v) is 5.66. The standard InChI is InChI=1S/C23H18Cl3N3O/c1-13-4-6-19(11-20(13)25)28-23(30)17(12-27)9-16-8-14(2)29(15(16)3)22-7-5-18(24)10-21(22)26/h4-11H,1-3H3,(H,28,30)/b17-9-. The fourth-order valence-corrected chi connectivity index (χ4v) is 3.81. The van der Waals surface area contributed by atoms with E-state index in [1.54, 1.807) is 36.4 Å². The van der Waals surface area contributed by atoms with E-state index in [-0.39, 0.29) is 5.57 Å². The van der Waals surface area contributed by atoms with Crippen molar-refractivity contribution in [3.05, 3.63) is 85.6 Å². The number of rotatable bonds is 4. The van der Waals surface area contributed by atoms with Gasteiger partial charge in [-0.3, -0.25) is 4.79 Å². The zero-order valence-electron chi connectivity index (χ0n) is 16.6. The molecule has 0 aliphatic carbocycles. The van der Waals surface area contributed by atoms with Gasteiger partial charge in [0.15, 0.2) is 0 Å². The van der Waals surface area contributed by atoms with Gasteiger partial charge in [0.25, 0.3) is 5.91 Å². The highest BCUT2D eigenvalue weighted by molar-refractivity contribution is 6.35. The fourth-order valence-electron chi connectivity index (χ4n) is 3.14. The topological polar surface area (TPSA) is 57.8 Å². The fraction of sp³-hybridized carbons (Fsp3) is 0.130. The summed E-state index contributed by atoms with van der Waals surface area (Å²) in [6.07, 6.45) is 1.56. The van der Waals surface area contributed by atoms with E-state index in [4.69, 9.17) is 34.8 Å². The maximum absolute atomic E-state index is 12.6. The Morgan fingerprint density at radius 3 is 2.40 bits per heavy atom. The van der Waals surface area contributed by atoms with Crippen LogP contribution in [0, 0.1) is 32.1 Å². The van der Waals surface area contributed by atoms with Gasteiger partial charge in [0.2, 0.25) is 0 Å². The zero-order chi connectivity index (χ0) is 22.0. The molecule has 0 atom stereocenters. The molecule has 4 nitrogen and oxygen atoms in total. The van der Waals surface area contributed by atoms with Crippen molar-refractivity contribution in [3.63, 3.8) is 0 Å². The maximum atomic E-state index is 12.6. The van der Waals surface area contributed by atoms with Crippen molar-refractivity contribution in [1.82, 2.24) is 4.57 Å². The summed E-state index contributed by atoms with van der Waals surface area (Å²) < 4.78 is 1.96. The van der Waals surface area contributed by atoms with E-state index >= 15 is 0 Å². The highest BCUT2D eigenvalue weighted by Crippen LogP contribution is 2.29.